The molecule has 0 aliphatic carbocycles. The Morgan fingerprint density at radius 2 is 1.27 bits per heavy atom. The summed E-state index contributed by atoms with van der Waals surface area (Å²) in [6.45, 7) is 20.0. The third-order valence-corrected chi connectivity index (χ3v) is 7.28. The van der Waals surface area contributed by atoms with Crippen LogP contribution in [0.3, 0.4) is 0 Å². The molecule has 0 radical (unpaired) electrons. The third-order valence-electron chi connectivity index (χ3n) is 7.28. The van der Waals surface area contributed by atoms with Gasteiger partial charge in [-0.05, 0) is 51.3 Å². The molecule has 0 fully saturated rings. The van der Waals surface area contributed by atoms with Crippen molar-refractivity contribution in [2.45, 2.75) is 78.6 Å². The molecular formula is C38H41N3O2Pt-2. The van der Waals surface area contributed by atoms with E-state index in [2.05, 4.69) is 104 Å². The maximum atomic E-state index is 6.31. The van der Waals surface area contributed by atoms with Gasteiger partial charge >= 0.3 is 0 Å². The molecule has 0 unspecified atom stereocenters. The van der Waals surface area contributed by atoms with Crippen LogP contribution in [0.5, 0.6) is 23.1 Å². The summed E-state index contributed by atoms with van der Waals surface area (Å²) in [6, 6.07) is 28.9. The monoisotopic (exact) mass is 766 g/mol. The summed E-state index contributed by atoms with van der Waals surface area (Å²) >= 11 is 0. The van der Waals surface area contributed by atoms with Gasteiger partial charge in [0.15, 0.2) is 0 Å². The fourth-order valence-corrected chi connectivity index (χ4v) is 4.55. The first-order valence-corrected chi connectivity index (χ1v) is 14.7. The van der Waals surface area contributed by atoms with Gasteiger partial charge < -0.3 is 14.0 Å². The number of benzene rings is 3. The van der Waals surface area contributed by atoms with Gasteiger partial charge in [-0.25, -0.2) is 4.98 Å². The zero-order valence-corrected chi connectivity index (χ0v) is 29.3. The summed E-state index contributed by atoms with van der Waals surface area (Å²) in [4.78, 5) is 4.28. The first kappa shape index (κ1) is 33.2. The van der Waals surface area contributed by atoms with E-state index in [-0.39, 0.29) is 37.3 Å². The largest absolute Gasteiger partial charge is 0.510 e. The number of imidazole rings is 1. The van der Waals surface area contributed by atoms with Crippen molar-refractivity contribution in [3.05, 3.63) is 120 Å². The molecule has 5 aromatic rings. The van der Waals surface area contributed by atoms with E-state index in [4.69, 9.17) is 9.47 Å². The van der Waals surface area contributed by atoms with Crippen molar-refractivity contribution in [2.75, 3.05) is 0 Å². The van der Waals surface area contributed by atoms with Crippen molar-refractivity contribution in [1.82, 2.24) is 9.55 Å². The number of aromatic nitrogens is 3. The fraction of sp³-hybridized carbons (Fsp3) is 0.316. The molecule has 0 N–H and O–H groups in total. The van der Waals surface area contributed by atoms with E-state index in [9.17, 15) is 0 Å². The van der Waals surface area contributed by atoms with Crippen molar-refractivity contribution >= 4 is 0 Å². The molecule has 0 amide bonds. The van der Waals surface area contributed by atoms with Crippen molar-refractivity contribution < 1.29 is 35.1 Å². The molecule has 5 nitrogen and oxygen atoms in total. The Bertz CT molecular complexity index is 1690. The quantitative estimate of drug-likeness (QED) is 0.128. The topological polar surface area (TPSA) is 40.2 Å². The minimum atomic E-state index is -0.119. The van der Waals surface area contributed by atoms with E-state index < -0.39 is 0 Å². The van der Waals surface area contributed by atoms with Crippen molar-refractivity contribution in [2.24, 2.45) is 0 Å². The average Bonchev–Trinajstić information content (AvgIpc) is 3.43. The molecule has 5 rings (SSSR count). The van der Waals surface area contributed by atoms with Gasteiger partial charge in [-0.2, -0.15) is 12.1 Å². The standard InChI is InChI=1S/C38H41N3O2.Pt/c1-36(2,3)27-19-28(37(4,5)6)21-31(20-27)41-18-17-40(26-41)30-13-12-14-32(24-30)42-33-22-29(38(7,8)9)23-34(25-33)43-35-15-10-11-16-39-35;/h10-23H,1-9H3;/q-2;. The molecule has 232 valence electrons. The zero-order chi connectivity index (χ0) is 31.0. The van der Waals surface area contributed by atoms with Gasteiger partial charge in [0, 0.05) is 63.0 Å². The second kappa shape index (κ2) is 12.7. The minimum Gasteiger partial charge on any atom is -0.510 e. The predicted molar refractivity (Wildman–Crippen MR) is 171 cm³/mol. The van der Waals surface area contributed by atoms with Crippen LogP contribution < -0.4 is 14.0 Å². The predicted octanol–water partition coefficient (Wildman–Crippen LogP) is 9.02. The van der Waals surface area contributed by atoms with Crippen LogP contribution in [-0.4, -0.2) is 9.55 Å². The summed E-state index contributed by atoms with van der Waals surface area (Å²) in [5.41, 5.74) is 5.50. The molecule has 0 atom stereocenters. The van der Waals surface area contributed by atoms with Gasteiger partial charge in [-0.1, -0.05) is 80.5 Å². The molecule has 0 saturated heterocycles. The van der Waals surface area contributed by atoms with Crippen LogP contribution in [0, 0.1) is 18.5 Å². The molecule has 2 aromatic heterocycles. The Hall–Kier alpha value is -3.69. The molecule has 44 heavy (non-hydrogen) atoms. The number of nitrogens with zero attached hydrogens (tertiary/aromatic N) is 3. The molecule has 0 spiro atoms. The Balaban J connectivity index is 0.00000442. The van der Waals surface area contributed by atoms with Crippen LogP contribution >= 0.6 is 0 Å². The Morgan fingerprint density at radius 3 is 1.86 bits per heavy atom. The van der Waals surface area contributed by atoms with E-state index in [0.29, 0.717) is 23.1 Å². The third kappa shape index (κ3) is 8.07. The Kier molecular flexibility index (Phi) is 9.61. The molecular weight excluding hydrogens is 726 g/mol. The summed E-state index contributed by atoms with van der Waals surface area (Å²) in [5, 5.41) is 0. The normalized spacial score (nSPS) is 12.0. The second-order valence-corrected chi connectivity index (χ2v) is 14.0. The van der Waals surface area contributed by atoms with Crippen LogP contribution in [0.25, 0.3) is 11.4 Å². The fourth-order valence-electron chi connectivity index (χ4n) is 4.55. The summed E-state index contributed by atoms with van der Waals surface area (Å²) < 4.78 is 16.3. The average molecular weight is 767 g/mol. The van der Waals surface area contributed by atoms with Crippen molar-refractivity contribution in [1.29, 1.82) is 0 Å². The second-order valence-electron chi connectivity index (χ2n) is 14.0. The Labute approximate surface area is 277 Å². The van der Waals surface area contributed by atoms with Crippen LogP contribution in [-0.2, 0) is 37.3 Å². The van der Waals surface area contributed by atoms with Gasteiger partial charge in [-0.3, -0.25) is 4.57 Å². The maximum absolute atomic E-state index is 6.31. The SMILES string of the molecule is CC(C)(C)c1cc(Oc2[c-]c(-n3[c-][n+](-c4cc(C(C)(C)C)cc(C(C)(C)C)c4)cc3)ccc2)[c-]c(Oc2ccccn2)c1.[Pt]. The number of hydrogen-bond acceptors (Lipinski definition) is 3. The molecule has 0 saturated carbocycles. The van der Waals surface area contributed by atoms with E-state index in [0.717, 1.165) is 16.9 Å². The van der Waals surface area contributed by atoms with Gasteiger partial charge in [0.1, 0.15) is 0 Å². The summed E-state index contributed by atoms with van der Waals surface area (Å²) in [5.74, 6) is 2.17. The van der Waals surface area contributed by atoms with Gasteiger partial charge in [0.25, 0.3) is 6.33 Å². The van der Waals surface area contributed by atoms with Crippen molar-refractivity contribution in [3.63, 3.8) is 0 Å². The molecule has 2 heterocycles. The van der Waals surface area contributed by atoms with E-state index in [1.807, 2.05) is 70.1 Å². The van der Waals surface area contributed by atoms with E-state index in [1.165, 1.54) is 11.1 Å². The number of pyridine rings is 1. The summed E-state index contributed by atoms with van der Waals surface area (Å²) in [7, 11) is 0. The van der Waals surface area contributed by atoms with Crippen LogP contribution in [0.15, 0.2) is 85.3 Å². The van der Waals surface area contributed by atoms with Crippen LogP contribution in [0.4, 0.5) is 0 Å². The van der Waals surface area contributed by atoms with Gasteiger partial charge in [-0.15, -0.1) is 29.8 Å². The number of ether oxygens (including phenoxy) is 2. The van der Waals surface area contributed by atoms with Crippen LogP contribution in [0.2, 0.25) is 0 Å². The first-order chi connectivity index (χ1) is 20.1. The summed E-state index contributed by atoms with van der Waals surface area (Å²) in [6.07, 6.45) is 9.19. The first-order valence-electron chi connectivity index (χ1n) is 14.7. The Morgan fingerprint density at radius 1 is 0.659 bits per heavy atom. The van der Waals surface area contributed by atoms with Crippen molar-refractivity contribution in [3.8, 4) is 34.5 Å². The zero-order valence-electron chi connectivity index (χ0n) is 27.1. The molecule has 3 aromatic carbocycles. The molecule has 0 aliphatic heterocycles. The van der Waals surface area contributed by atoms with Crippen LogP contribution in [0.1, 0.15) is 79.0 Å². The smallest absolute Gasteiger partial charge is 0.267 e. The van der Waals surface area contributed by atoms with E-state index in [1.54, 1.807) is 6.20 Å². The molecule has 0 bridgehead atoms. The maximum Gasteiger partial charge on any atom is 0.267 e. The minimum absolute atomic E-state index is 0. The molecule has 6 heteroatoms. The van der Waals surface area contributed by atoms with Gasteiger partial charge in [0.05, 0.1) is 5.69 Å². The van der Waals surface area contributed by atoms with E-state index >= 15 is 0 Å². The van der Waals surface area contributed by atoms with Gasteiger partial charge in [0.2, 0.25) is 5.88 Å². The number of rotatable bonds is 6. The number of hydrogen-bond donors (Lipinski definition) is 0. The molecule has 0 aliphatic rings.